The van der Waals surface area contributed by atoms with E-state index in [9.17, 15) is 0 Å². The van der Waals surface area contributed by atoms with Gasteiger partial charge in [-0.25, -0.2) is 9.97 Å². The highest BCUT2D eigenvalue weighted by Gasteiger charge is 2.05. The highest BCUT2D eigenvalue weighted by atomic mass is 16.5. The van der Waals surface area contributed by atoms with Gasteiger partial charge < -0.3 is 14.8 Å². The molecule has 2 heterocycles. The van der Waals surface area contributed by atoms with Crippen LogP contribution in [-0.4, -0.2) is 29.8 Å². The van der Waals surface area contributed by atoms with Gasteiger partial charge >= 0.3 is 0 Å². The van der Waals surface area contributed by atoms with Gasteiger partial charge in [-0.1, -0.05) is 55.7 Å². The maximum Gasteiger partial charge on any atom is 0.227 e. The standard InChI is InChI=1S/C24H25N3O2/c1-3-8-22-16-19(4-2)17-28-13-5-6-14-29-18-20-9-7-10-21(15-20)23-11-12-25-24(26-22)27-23/h3-12,15-16H,1-2,13-14,17-18H2,(H,25,26,27)/b6-5+,19-16+,22-8+. The molecule has 0 saturated heterocycles. The Kier molecular flexibility index (Phi) is 7.69. The monoisotopic (exact) mass is 387 g/mol. The summed E-state index contributed by atoms with van der Waals surface area (Å²) in [5.74, 6) is 0.502. The summed E-state index contributed by atoms with van der Waals surface area (Å²) < 4.78 is 11.4. The molecule has 29 heavy (non-hydrogen) atoms. The first-order valence-corrected chi connectivity index (χ1v) is 9.44. The summed E-state index contributed by atoms with van der Waals surface area (Å²) in [7, 11) is 0. The number of hydrogen-bond donors (Lipinski definition) is 1. The van der Waals surface area contributed by atoms with Gasteiger partial charge in [-0.15, -0.1) is 0 Å². The zero-order valence-corrected chi connectivity index (χ0v) is 16.4. The third kappa shape index (κ3) is 6.38. The Morgan fingerprint density at radius 2 is 1.86 bits per heavy atom. The Morgan fingerprint density at radius 3 is 2.66 bits per heavy atom. The molecule has 0 radical (unpaired) electrons. The van der Waals surface area contributed by atoms with Crippen molar-refractivity contribution in [1.29, 1.82) is 0 Å². The van der Waals surface area contributed by atoms with Crippen LogP contribution in [0.5, 0.6) is 0 Å². The molecule has 1 aromatic carbocycles. The molecule has 5 heteroatoms. The lowest BCUT2D eigenvalue weighted by atomic mass is 10.1. The van der Waals surface area contributed by atoms with E-state index in [2.05, 4.69) is 34.5 Å². The topological polar surface area (TPSA) is 56.3 Å². The number of hydrogen-bond acceptors (Lipinski definition) is 5. The number of fused-ring (bicyclic) bond motifs is 5. The van der Waals surface area contributed by atoms with E-state index in [0.29, 0.717) is 32.4 Å². The largest absolute Gasteiger partial charge is 0.373 e. The second-order valence-electron chi connectivity index (χ2n) is 6.37. The van der Waals surface area contributed by atoms with E-state index in [0.717, 1.165) is 28.1 Å². The summed E-state index contributed by atoms with van der Waals surface area (Å²) in [6, 6.07) is 10.1. The Bertz CT molecular complexity index is 945. The van der Waals surface area contributed by atoms with E-state index >= 15 is 0 Å². The molecule has 0 unspecified atom stereocenters. The third-order valence-corrected chi connectivity index (χ3v) is 4.17. The van der Waals surface area contributed by atoms with E-state index in [4.69, 9.17) is 9.47 Å². The van der Waals surface area contributed by atoms with Gasteiger partial charge in [0, 0.05) is 17.5 Å². The number of rotatable bonds is 2. The van der Waals surface area contributed by atoms with Crippen LogP contribution in [0.1, 0.15) is 5.56 Å². The van der Waals surface area contributed by atoms with Crippen molar-refractivity contribution in [3.8, 4) is 11.3 Å². The van der Waals surface area contributed by atoms with Gasteiger partial charge in [0.05, 0.1) is 32.1 Å². The summed E-state index contributed by atoms with van der Waals surface area (Å²) in [5.41, 5.74) is 4.67. The van der Waals surface area contributed by atoms with Gasteiger partial charge in [-0.3, -0.25) is 0 Å². The predicted molar refractivity (Wildman–Crippen MR) is 117 cm³/mol. The predicted octanol–water partition coefficient (Wildman–Crippen LogP) is 4.84. The SMILES string of the molecule is C=C/C=C1\C=C(/C=C)COC/C=C/COCc2cccc(c2)-c2ccnc(n2)N1. The molecule has 1 aliphatic heterocycles. The van der Waals surface area contributed by atoms with Crippen molar-refractivity contribution in [1.82, 2.24) is 9.97 Å². The zero-order chi connectivity index (χ0) is 20.3. The van der Waals surface area contributed by atoms with Gasteiger partial charge in [0.25, 0.3) is 0 Å². The fourth-order valence-corrected chi connectivity index (χ4v) is 2.77. The van der Waals surface area contributed by atoms with Crippen LogP contribution >= 0.6 is 0 Å². The molecular formula is C24H25N3O2. The normalized spacial score (nSPS) is 19.7. The quantitative estimate of drug-likeness (QED) is 0.747. The number of allylic oxidation sites excluding steroid dienone is 3. The van der Waals surface area contributed by atoms with Crippen LogP contribution in [0.4, 0.5) is 5.95 Å². The lowest BCUT2D eigenvalue weighted by Gasteiger charge is -2.10. The first kappa shape index (κ1) is 20.5. The number of ether oxygens (including phenoxy) is 2. The molecule has 0 aliphatic carbocycles. The van der Waals surface area contributed by atoms with Crippen LogP contribution in [0.15, 0.2) is 97.4 Å². The number of nitrogens with one attached hydrogen (secondary N) is 1. The molecule has 2 aromatic rings. The van der Waals surface area contributed by atoms with Crippen LogP contribution in [-0.2, 0) is 16.1 Å². The van der Waals surface area contributed by atoms with Crippen molar-refractivity contribution in [2.45, 2.75) is 6.61 Å². The molecule has 0 spiro atoms. The molecule has 1 aliphatic rings. The van der Waals surface area contributed by atoms with Crippen molar-refractivity contribution in [3.05, 3.63) is 103 Å². The molecule has 5 nitrogen and oxygen atoms in total. The number of nitrogens with zero attached hydrogens (tertiary/aromatic N) is 2. The number of aromatic nitrogens is 2. The maximum atomic E-state index is 5.72. The van der Waals surface area contributed by atoms with Crippen molar-refractivity contribution < 1.29 is 9.47 Å². The summed E-state index contributed by atoms with van der Waals surface area (Å²) >= 11 is 0. The van der Waals surface area contributed by atoms with Crippen molar-refractivity contribution >= 4 is 5.95 Å². The van der Waals surface area contributed by atoms with Crippen molar-refractivity contribution in [3.63, 3.8) is 0 Å². The average molecular weight is 387 g/mol. The lowest BCUT2D eigenvalue weighted by molar-refractivity contribution is 0.147. The number of anilines is 1. The van der Waals surface area contributed by atoms with Crippen molar-refractivity contribution in [2.24, 2.45) is 0 Å². The molecule has 3 rings (SSSR count). The lowest BCUT2D eigenvalue weighted by Crippen LogP contribution is -2.05. The summed E-state index contributed by atoms with van der Waals surface area (Å²) in [4.78, 5) is 9.00. The first-order chi connectivity index (χ1) is 14.3. The highest BCUT2D eigenvalue weighted by Crippen LogP contribution is 2.20. The second-order valence-corrected chi connectivity index (χ2v) is 6.37. The van der Waals surface area contributed by atoms with Gasteiger partial charge in [0.2, 0.25) is 5.95 Å². The molecular weight excluding hydrogens is 362 g/mol. The van der Waals surface area contributed by atoms with Gasteiger partial charge in [0.1, 0.15) is 0 Å². The minimum atomic E-state index is 0.441. The van der Waals surface area contributed by atoms with Crippen LogP contribution < -0.4 is 5.32 Å². The average Bonchev–Trinajstić information content (AvgIpc) is 2.74. The minimum Gasteiger partial charge on any atom is -0.373 e. The van der Waals surface area contributed by atoms with Gasteiger partial charge in [-0.05, 0) is 35.4 Å². The molecule has 0 amide bonds. The number of benzene rings is 1. The maximum absolute atomic E-state index is 5.72. The van der Waals surface area contributed by atoms with Crippen LogP contribution in [0, 0.1) is 0 Å². The summed E-state index contributed by atoms with van der Waals surface area (Å²) in [5, 5.41) is 3.25. The van der Waals surface area contributed by atoms with Crippen LogP contribution in [0.25, 0.3) is 11.3 Å². The first-order valence-electron chi connectivity index (χ1n) is 9.44. The Hall–Kier alpha value is -3.28. The van der Waals surface area contributed by atoms with Crippen molar-refractivity contribution in [2.75, 3.05) is 25.1 Å². The molecule has 0 fully saturated rings. The van der Waals surface area contributed by atoms with E-state index in [1.165, 1.54) is 0 Å². The fraction of sp³-hybridized carbons (Fsp3) is 0.167. The molecule has 148 valence electrons. The molecule has 4 bridgehead atoms. The van der Waals surface area contributed by atoms with E-state index < -0.39 is 0 Å². The minimum absolute atomic E-state index is 0.441. The summed E-state index contributed by atoms with van der Waals surface area (Å²) in [6.45, 7) is 9.67. The van der Waals surface area contributed by atoms with Crippen LogP contribution in [0.3, 0.4) is 0 Å². The molecule has 0 atom stereocenters. The fourth-order valence-electron chi connectivity index (χ4n) is 2.77. The third-order valence-electron chi connectivity index (χ3n) is 4.17. The molecule has 1 N–H and O–H groups in total. The second kappa shape index (κ2) is 10.9. The van der Waals surface area contributed by atoms with E-state index in [1.54, 1.807) is 18.3 Å². The zero-order valence-electron chi connectivity index (χ0n) is 16.4. The Morgan fingerprint density at radius 1 is 1.03 bits per heavy atom. The van der Waals surface area contributed by atoms with Gasteiger partial charge in [-0.2, -0.15) is 0 Å². The van der Waals surface area contributed by atoms with E-state index in [-0.39, 0.29) is 0 Å². The molecule has 0 saturated carbocycles. The van der Waals surface area contributed by atoms with Gasteiger partial charge in [0.15, 0.2) is 0 Å². The highest BCUT2D eigenvalue weighted by molar-refractivity contribution is 5.61. The van der Waals surface area contributed by atoms with E-state index in [1.807, 2.05) is 48.6 Å². The smallest absolute Gasteiger partial charge is 0.227 e. The summed E-state index contributed by atoms with van der Waals surface area (Å²) in [6.07, 6.45) is 12.9. The van der Waals surface area contributed by atoms with Crippen LogP contribution in [0.2, 0.25) is 0 Å². The molecule has 1 aromatic heterocycles. The Balaban J connectivity index is 1.95. The Labute approximate surface area is 171 Å².